The summed E-state index contributed by atoms with van der Waals surface area (Å²) in [6.07, 6.45) is 0.771. The van der Waals surface area contributed by atoms with Crippen molar-refractivity contribution in [1.82, 2.24) is 15.0 Å². The van der Waals surface area contributed by atoms with E-state index in [0.717, 1.165) is 6.42 Å². The first kappa shape index (κ1) is 14.5. The molecule has 7 heteroatoms. The zero-order valence-electron chi connectivity index (χ0n) is 12.2. The Morgan fingerprint density at radius 2 is 2.32 bits per heavy atom. The zero-order valence-corrected chi connectivity index (χ0v) is 12.2. The van der Waals surface area contributed by atoms with E-state index in [2.05, 4.69) is 10.1 Å². The maximum Gasteiger partial charge on any atom is 0.260 e. The van der Waals surface area contributed by atoms with E-state index in [1.54, 1.807) is 24.0 Å². The predicted molar refractivity (Wildman–Crippen MR) is 74.9 cm³/mol. The molecule has 6 nitrogen and oxygen atoms in total. The highest BCUT2D eigenvalue weighted by Crippen LogP contribution is 2.26. The van der Waals surface area contributed by atoms with Gasteiger partial charge in [-0.3, -0.25) is 4.79 Å². The highest BCUT2D eigenvalue weighted by Gasteiger charge is 2.31. The number of aryl methyl sites for hydroxylation is 1. The Labute approximate surface area is 126 Å². The number of amides is 1. The lowest BCUT2D eigenvalue weighted by Gasteiger charge is -2.16. The van der Waals surface area contributed by atoms with Gasteiger partial charge in [0.1, 0.15) is 0 Å². The second-order valence-electron chi connectivity index (χ2n) is 5.22. The fraction of sp³-hybridized carbons (Fsp3) is 0.400. The number of likely N-dealkylation sites (tertiary alicyclic amines) is 1. The zero-order chi connectivity index (χ0) is 15.5. The number of aromatic nitrogens is 2. The quantitative estimate of drug-likeness (QED) is 0.863. The van der Waals surface area contributed by atoms with Crippen LogP contribution in [0.15, 0.2) is 28.8 Å². The van der Waals surface area contributed by atoms with Crippen molar-refractivity contribution >= 4 is 5.91 Å². The van der Waals surface area contributed by atoms with E-state index in [1.165, 1.54) is 12.1 Å². The molecule has 0 N–H and O–H groups in total. The number of hydrogen-bond donors (Lipinski definition) is 0. The fourth-order valence-corrected chi connectivity index (χ4v) is 2.46. The second kappa shape index (κ2) is 6.13. The van der Waals surface area contributed by atoms with Crippen LogP contribution in [0.25, 0.3) is 0 Å². The van der Waals surface area contributed by atoms with Crippen LogP contribution in [-0.4, -0.2) is 40.6 Å². The predicted octanol–water partition coefficient (Wildman–Crippen LogP) is 1.91. The maximum atomic E-state index is 13.4. The van der Waals surface area contributed by atoms with Crippen molar-refractivity contribution < 1.29 is 18.4 Å². The highest BCUT2D eigenvalue weighted by atomic mass is 19.1. The SMILES string of the molecule is Cc1noc([C@H]2CCN(C(=O)COc3ccccc3F)C2)n1. The number of carbonyl (C=O) groups is 1. The highest BCUT2D eigenvalue weighted by molar-refractivity contribution is 5.78. The van der Waals surface area contributed by atoms with Crippen molar-refractivity contribution in [1.29, 1.82) is 0 Å². The summed E-state index contributed by atoms with van der Waals surface area (Å²) in [7, 11) is 0. The Balaban J connectivity index is 1.54. The summed E-state index contributed by atoms with van der Waals surface area (Å²) in [5.74, 6) is 0.626. The number of halogens is 1. The molecule has 0 bridgehead atoms. The summed E-state index contributed by atoms with van der Waals surface area (Å²) < 4.78 is 23.8. The summed E-state index contributed by atoms with van der Waals surface area (Å²) in [4.78, 5) is 18.0. The third-order valence-electron chi connectivity index (χ3n) is 3.62. The molecule has 1 aliphatic heterocycles. The number of nitrogens with zero attached hydrogens (tertiary/aromatic N) is 3. The number of hydrogen-bond acceptors (Lipinski definition) is 5. The van der Waals surface area contributed by atoms with Crippen molar-refractivity contribution in [3.05, 3.63) is 41.8 Å². The van der Waals surface area contributed by atoms with Crippen LogP contribution in [0.2, 0.25) is 0 Å². The first-order valence-corrected chi connectivity index (χ1v) is 7.09. The van der Waals surface area contributed by atoms with Crippen molar-refractivity contribution in [2.24, 2.45) is 0 Å². The lowest BCUT2D eigenvalue weighted by molar-refractivity contribution is -0.132. The molecule has 0 spiro atoms. The average Bonchev–Trinajstić information content (AvgIpc) is 3.15. The summed E-state index contributed by atoms with van der Waals surface area (Å²) in [6, 6.07) is 6.02. The minimum Gasteiger partial charge on any atom is -0.481 e. The van der Waals surface area contributed by atoms with Gasteiger partial charge in [-0.05, 0) is 25.5 Å². The first-order valence-electron chi connectivity index (χ1n) is 7.09. The molecule has 0 radical (unpaired) electrons. The molecule has 1 aromatic carbocycles. The van der Waals surface area contributed by atoms with E-state index >= 15 is 0 Å². The topological polar surface area (TPSA) is 68.5 Å². The van der Waals surface area contributed by atoms with Crippen LogP contribution in [0.5, 0.6) is 5.75 Å². The van der Waals surface area contributed by atoms with E-state index in [9.17, 15) is 9.18 Å². The molecule has 1 saturated heterocycles. The van der Waals surface area contributed by atoms with Crippen LogP contribution in [0, 0.1) is 12.7 Å². The van der Waals surface area contributed by atoms with Crippen molar-refractivity contribution in [2.45, 2.75) is 19.3 Å². The Bertz CT molecular complexity index is 674. The minimum atomic E-state index is -0.476. The lowest BCUT2D eigenvalue weighted by Crippen LogP contribution is -2.33. The molecule has 2 heterocycles. The molecular weight excluding hydrogens is 289 g/mol. The van der Waals surface area contributed by atoms with E-state index in [1.807, 2.05) is 0 Å². The van der Waals surface area contributed by atoms with Gasteiger partial charge < -0.3 is 14.2 Å². The molecule has 1 aromatic heterocycles. The molecule has 0 aliphatic carbocycles. The van der Waals surface area contributed by atoms with E-state index in [-0.39, 0.29) is 24.2 Å². The number of para-hydroxylation sites is 1. The Hall–Kier alpha value is -2.44. The molecular formula is C15H16FN3O3. The van der Waals surface area contributed by atoms with Gasteiger partial charge in [0.25, 0.3) is 5.91 Å². The summed E-state index contributed by atoms with van der Waals surface area (Å²) in [5.41, 5.74) is 0. The van der Waals surface area contributed by atoms with Gasteiger partial charge in [-0.1, -0.05) is 17.3 Å². The number of ether oxygens (including phenoxy) is 1. The molecule has 116 valence electrons. The van der Waals surface area contributed by atoms with E-state index < -0.39 is 5.82 Å². The van der Waals surface area contributed by atoms with Gasteiger partial charge >= 0.3 is 0 Å². The first-order chi connectivity index (χ1) is 10.6. The van der Waals surface area contributed by atoms with Crippen molar-refractivity contribution in [3.63, 3.8) is 0 Å². The minimum absolute atomic E-state index is 0.0543. The molecule has 22 heavy (non-hydrogen) atoms. The summed E-state index contributed by atoms with van der Waals surface area (Å²) in [5, 5.41) is 3.76. The Morgan fingerprint density at radius 3 is 3.05 bits per heavy atom. The average molecular weight is 305 g/mol. The van der Waals surface area contributed by atoms with E-state index in [0.29, 0.717) is 24.8 Å². The normalized spacial score (nSPS) is 17.7. The van der Waals surface area contributed by atoms with Gasteiger partial charge in [0.2, 0.25) is 5.89 Å². The van der Waals surface area contributed by atoms with Crippen LogP contribution in [0.4, 0.5) is 4.39 Å². The monoisotopic (exact) mass is 305 g/mol. The fourth-order valence-electron chi connectivity index (χ4n) is 2.46. The maximum absolute atomic E-state index is 13.4. The van der Waals surface area contributed by atoms with Gasteiger partial charge in [0.15, 0.2) is 24.0 Å². The Morgan fingerprint density at radius 1 is 1.50 bits per heavy atom. The van der Waals surface area contributed by atoms with E-state index in [4.69, 9.17) is 9.26 Å². The van der Waals surface area contributed by atoms with Crippen LogP contribution < -0.4 is 4.74 Å². The van der Waals surface area contributed by atoms with Gasteiger partial charge in [0.05, 0.1) is 5.92 Å². The molecule has 1 aliphatic rings. The third kappa shape index (κ3) is 3.08. The van der Waals surface area contributed by atoms with Gasteiger partial charge in [-0.2, -0.15) is 4.98 Å². The molecule has 1 fully saturated rings. The van der Waals surface area contributed by atoms with Crippen molar-refractivity contribution in [3.8, 4) is 5.75 Å². The largest absolute Gasteiger partial charge is 0.481 e. The summed E-state index contributed by atoms with van der Waals surface area (Å²) >= 11 is 0. The second-order valence-corrected chi connectivity index (χ2v) is 5.22. The molecule has 1 amide bonds. The number of carbonyl (C=O) groups excluding carboxylic acids is 1. The summed E-state index contributed by atoms with van der Waals surface area (Å²) in [6.45, 7) is 2.69. The molecule has 1 atom stereocenters. The van der Waals surface area contributed by atoms with Gasteiger partial charge in [-0.25, -0.2) is 4.39 Å². The van der Waals surface area contributed by atoms with Crippen molar-refractivity contribution in [2.75, 3.05) is 19.7 Å². The van der Waals surface area contributed by atoms with Gasteiger partial charge in [0, 0.05) is 13.1 Å². The Kier molecular flexibility index (Phi) is 4.04. The smallest absolute Gasteiger partial charge is 0.260 e. The number of benzene rings is 1. The molecule has 3 rings (SSSR count). The van der Waals surface area contributed by atoms with Gasteiger partial charge in [-0.15, -0.1) is 0 Å². The number of rotatable bonds is 4. The van der Waals surface area contributed by atoms with Crippen LogP contribution in [-0.2, 0) is 4.79 Å². The lowest BCUT2D eigenvalue weighted by atomic mass is 10.1. The van der Waals surface area contributed by atoms with Crippen LogP contribution in [0.1, 0.15) is 24.1 Å². The van der Waals surface area contributed by atoms with Crippen LogP contribution in [0.3, 0.4) is 0 Å². The standard InChI is InChI=1S/C15H16FN3O3/c1-10-17-15(22-18-10)11-6-7-19(8-11)14(20)9-21-13-5-3-2-4-12(13)16/h2-5,11H,6-9H2,1H3/t11-/m0/s1. The molecule has 0 unspecified atom stereocenters. The molecule has 0 saturated carbocycles. The molecule has 2 aromatic rings. The third-order valence-corrected chi connectivity index (χ3v) is 3.62. The van der Waals surface area contributed by atoms with Crippen LogP contribution >= 0.6 is 0 Å².